The Labute approximate surface area is 267 Å². The molecule has 0 amide bonds. The highest BCUT2D eigenvalue weighted by Gasteiger charge is 2.26. The van der Waals surface area contributed by atoms with Crippen LogP contribution < -0.4 is 4.90 Å². The molecule has 0 radical (unpaired) electrons. The fourth-order valence-electron chi connectivity index (χ4n) is 6.84. The van der Waals surface area contributed by atoms with Gasteiger partial charge in [0.1, 0.15) is 0 Å². The highest BCUT2D eigenvalue weighted by atomic mass is 15.2. The number of benzene rings is 6. The second-order valence-electron chi connectivity index (χ2n) is 11.5. The van der Waals surface area contributed by atoms with Crippen molar-refractivity contribution in [1.29, 1.82) is 0 Å². The zero-order valence-electron chi connectivity index (χ0n) is 25.0. The lowest BCUT2D eigenvalue weighted by Crippen LogP contribution is -2.10. The molecule has 0 aliphatic heterocycles. The molecule has 46 heavy (non-hydrogen) atoms. The molecule has 0 saturated heterocycles. The van der Waals surface area contributed by atoms with Gasteiger partial charge in [-0.05, 0) is 81.4 Å². The lowest BCUT2D eigenvalue weighted by molar-refractivity contribution is 0.962. The van der Waals surface area contributed by atoms with Gasteiger partial charge in [-0.25, -0.2) is 9.97 Å². The van der Waals surface area contributed by atoms with Crippen LogP contribution in [0, 0.1) is 0 Å². The number of aromatic nitrogens is 3. The van der Waals surface area contributed by atoms with Crippen molar-refractivity contribution in [3.63, 3.8) is 0 Å². The largest absolute Gasteiger partial charge is 0.310 e. The Morgan fingerprint density at radius 1 is 0.413 bits per heavy atom. The first-order valence-corrected chi connectivity index (χ1v) is 15.5. The Kier molecular flexibility index (Phi) is 6.10. The molecule has 4 nitrogen and oxygen atoms in total. The summed E-state index contributed by atoms with van der Waals surface area (Å²) in [5, 5.41) is 1.20. The molecule has 1 aliphatic carbocycles. The molecular weight excluding hydrogens is 560 g/mol. The lowest BCUT2D eigenvalue weighted by atomic mass is 9.94. The number of hydrogen-bond donors (Lipinski definition) is 0. The molecule has 216 valence electrons. The molecule has 1 aliphatic rings. The monoisotopic (exact) mass is 588 g/mol. The third-order valence-electron chi connectivity index (χ3n) is 8.89. The van der Waals surface area contributed by atoms with E-state index in [1.165, 1.54) is 49.9 Å². The fourth-order valence-corrected chi connectivity index (χ4v) is 6.84. The van der Waals surface area contributed by atoms with Crippen molar-refractivity contribution in [3.8, 4) is 50.5 Å². The summed E-state index contributed by atoms with van der Waals surface area (Å²) in [5.74, 6) is 0.645. The van der Waals surface area contributed by atoms with E-state index in [-0.39, 0.29) is 0 Å². The minimum absolute atomic E-state index is 0.645. The summed E-state index contributed by atoms with van der Waals surface area (Å²) in [6.07, 6.45) is 5.82. The van der Waals surface area contributed by atoms with Gasteiger partial charge in [0.2, 0.25) is 5.95 Å². The van der Waals surface area contributed by atoms with Gasteiger partial charge in [0.05, 0.1) is 5.52 Å². The molecule has 0 bridgehead atoms. The van der Waals surface area contributed by atoms with Crippen molar-refractivity contribution >= 4 is 28.0 Å². The van der Waals surface area contributed by atoms with Crippen molar-refractivity contribution in [2.75, 3.05) is 4.90 Å². The van der Waals surface area contributed by atoms with Crippen molar-refractivity contribution in [3.05, 3.63) is 170 Å². The fraction of sp³-hybridized carbons (Fsp3) is 0. The molecule has 0 saturated carbocycles. The van der Waals surface area contributed by atoms with Crippen molar-refractivity contribution < 1.29 is 0 Å². The summed E-state index contributed by atoms with van der Waals surface area (Å²) in [4.78, 5) is 11.7. The van der Waals surface area contributed by atoms with E-state index in [9.17, 15) is 0 Å². The van der Waals surface area contributed by atoms with Crippen LogP contribution in [0.2, 0.25) is 0 Å². The van der Waals surface area contributed by atoms with E-state index in [0.717, 1.165) is 22.6 Å². The molecule has 2 aromatic heterocycles. The molecule has 8 aromatic rings. The van der Waals surface area contributed by atoms with Crippen LogP contribution in [0.3, 0.4) is 0 Å². The van der Waals surface area contributed by atoms with E-state index in [1.54, 1.807) is 12.4 Å². The van der Waals surface area contributed by atoms with E-state index >= 15 is 0 Å². The Balaban J connectivity index is 1.34. The first kappa shape index (κ1) is 26.2. The lowest BCUT2D eigenvalue weighted by Gasteiger charge is -2.27. The van der Waals surface area contributed by atoms with E-state index in [1.807, 2.05) is 6.07 Å². The molecule has 6 aromatic carbocycles. The van der Waals surface area contributed by atoms with Crippen LogP contribution in [-0.2, 0) is 0 Å². The van der Waals surface area contributed by atoms with Gasteiger partial charge < -0.3 is 4.90 Å². The summed E-state index contributed by atoms with van der Waals surface area (Å²) in [6.45, 7) is 0. The van der Waals surface area contributed by atoms with Gasteiger partial charge in [-0.3, -0.25) is 4.57 Å². The number of para-hydroxylation sites is 1. The Hall–Kier alpha value is -6.26. The summed E-state index contributed by atoms with van der Waals surface area (Å²) in [7, 11) is 0. The molecule has 0 spiro atoms. The first-order chi connectivity index (χ1) is 22.8. The highest BCUT2D eigenvalue weighted by molar-refractivity contribution is 6.15. The molecule has 0 N–H and O–H groups in total. The van der Waals surface area contributed by atoms with Crippen LogP contribution in [0.15, 0.2) is 170 Å². The molecule has 4 heteroatoms. The predicted molar refractivity (Wildman–Crippen MR) is 189 cm³/mol. The van der Waals surface area contributed by atoms with Gasteiger partial charge in [-0.1, -0.05) is 109 Å². The van der Waals surface area contributed by atoms with E-state index in [2.05, 4.69) is 171 Å². The molecule has 0 atom stereocenters. The van der Waals surface area contributed by atoms with Crippen LogP contribution in [-0.4, -0.2) is 14.5 Å². The standard InChI is InChI=1S/C42H28N4/c1-3-12-29(13-4-1)30-20-22-32(23-21-30)46(31-14-5-2-6-15-31)33-26-38-36-18-9-7-16-34(36)35-17-8-10-19-37(35)39-28-45(40(27-33)41(38)39)42-43-24-11-25-44-42/h1-28H. The van der Waals surface area contributed by atoms with Gasteiger partial charge in [0.25, 0.3) is 0 Å². The Morgan fingerprint density at radius 2 is 0.935 bits per heavy atom. The molecule has 9 rings (SSSR count). The smallest absolute Gasteiger partial charge is 0.234 e. The zero-order valence-corrected chi connectivity index (χ0v) is 25.0. The Morgan fingerprint density at radius 3 is 1.59 bits per heavy atom. The van der Waals surface area contributed by atoms with E-state index < -0.39 is 0 Å². The van der Waals surface area contributed by atoms with Crippen molar-refractivity contribution in [2.24, 2.45) is 0 Å². The van der Waals surface area contributed by atoms with Crippen LogP contribution in [0.4, 0.5) is 17.1 Å². The molecule has 2 heterocycles. The van der Waals surface area contributed by atoms with E-state index in [4.69, 9.17) is 0 Å². The maximum absolute atomic E-state index is 4.69. The number of rotatable bonds is 5. The SMILES string of the molecule is c1ccc(-c2ccc(N(c3ccccc3)c3cc4c5c(cn(-c6ncccn6)c5c3)-c3ccccc3-c3ccccc3-4)cc2)cc1. The van der Waals surface area contributed by atoms with Crippen LogP contribution >= 0.6 is 0 Å². The minimum atomic E-state index is 0.645. The maximum Gasteiger partial charge on any atom is 0.234 e. The highest BCUT2D eigenvalue weighted by Crippen LogP contribution is 2.50. The second-order valence-corrected chi connectivity index (χ2v) is 11.5. The van der Waals surface area contributed by atoms with Gasteiger partial charge >= 0.3 is 0 Å². The maximum atomic E-state index is 4.69. The van der Waals surface area contributed by atoms with Crippen LogP contribution in [0.1, 0.15) is 0 Å². The third-order valence-corrected chi connectivity index (χ3v) is 8.89. The summed E-state index contributed by atoms with van der Waals surface area (Å²) < 4.78 is 2.14. The normalized spacial score (nSPS) is 11.5. The van der Waals surface area contributed by atoms with Crippen LogP contribution in [0.5, 0.6) is 0 Å². The zero-order chi connectivity index (χ0) is 30.5. The quantitative estimate of drug-likeness (QED) is 0.201. The van der Waals surface area contributed by atoms with Crippen molar-refractivity contribution in [2.45, 2.75) is 0 Å². The second kappa shape index (κ2) is 10.7. The molecule has 0 fully saturated rings. The predicted octanol–water partition coefficient (Wildman–Crippen LogP) is 10.9. The number of anilines is 3. The average molecular weight is 589 g/mol. The summed E-state index contributed by atoms with van der Waals surface area (Å²) >= 11 is 0. The molecule has 0 unspecified atom stereocenters. The van der Waals surface area contributed by atoms with Gasteiger partial charge in [0, 0.05) is 46.6 Å². The topological polar surface area (TPSA) is 34.0 Å². The number of fused-ring (bicyclic) bond motifs is 5. The molecular formula is C42H28N4. The van der Waals surface area contributed by atoms with Crippen molar-refractivity contribution in [1.82, 2.24) is 14.5 Å². The minimum Gasteiger partial charge on any atom is -0.310 e. The number of hydrogen-bond acceptors (Lipinski definition) is 3. The third kappa shape index (κ3) is 4.23. The number of nitrogens with zero attached hydrogens (tertiary/aromatic N) is 4. The van der Waals surface area contributed by atoms with E-state index in [0.29, 0.717) is 5.95 Å². The van der Waals surface area contributed by atoms with Gasteiger partial charge in [0.15, 0.2) is 0 Å². The van der Waals surface area contributed by atoms with Crippen LogP contribution in [0.25, 0.3) is 61.4 Å². The van der Waals surface area contributed by atoms with Gasteiger partial charge in [-0.2, -0.15) is 0 Å². The average Bonchev–Trinajstić information content (AvgIpc) is 3.47. The first-order valence-electron chi connectivity index (χ1n) is 15.5. The summed E-state index contributed by atoms with van der Waals surface area (Å²) in [5.41, 5.74) is 13.9. The van der Waals surface area contributed by atoms with Gasteiger partial charge in [-0.15, -0.1) is 0 Å². The summed E-state index contributed by atoms with van der Waals surface area (Å²) in [6, 6.07) is 53.9. The Bertz CT molecular complexity index is 2340.